The first-order valence-corrected chi connectivity index (χ1v) is 8.13. The van der Waals surface area contributed by atoms with E-state index in [1.807, 2.05) is 60.8 Å². The van der Waals surface area contributed by atoms with Gasteiger partial charge in [0.05, 0.1) is 25.0 Å². The smallest absolute Gasteiger partial charge is 0.247 e. The highest BCUT2D eigenvalue weighted by molar-refractivity contribution is 5.60. The molecule has 0 atom stereocenters. The van der Waals surface area contributed by atoms with Crippen molar-refractivity contribution in [1.82, 2.24) is 20.0 Å². The molecule has 0 fully saturated rings. The average molecular weight is 347 g/mol. The monoisotopic (exact) mass is 347 g/mol. The maximum atomic E-state index is 5.75. The third-order valence-electron chi connectivity index (χ3n) is 3.89. The fraction of sp³-hybridized carbons (Fsp3) is 0.105. The van der Waals surface area contributed by atoms with Crippen LogP contribution in [-0.2, 0) is 6.54 Å². The maximum Gasteiger partial charge on any atom is 0.247 e. The molecule has 0 amide bonds. The Morgan fingerprint density at radius 1 is 1.04 bits per heavy atom. The summed E-state index contributed by atoms with van der Waals surface area (Å²) in [5.41, 5.74) is 2.73. The zero-order chi connectivity index (χ0) is 17.8. The molecule has 7 nitrogen and oxygen atoms in total. The third kappa shape index (κ3) is 3.27. The second-order valence-electron chi connectivity index (χ2n) is 5.55. The quantitative estimate of drug-likeness (QED) is 0.575. The first-order valence-electron chi connectivity index (χ1n) is 8.13. The van der Waals surface area contributed by atoms with Crippen molar-refractivity contribution in [3.8, 4) is 22.9 Å². The summed E-state index contributed by atoms with van der Waals surface area (Å²) in [5.74, 6) is 1.77. The van der Waals surface area contributed by atoms with Crippen LogP contribution < -0.4 is 10.1 Å². The van der Waals surface area contributed by atoms with Gasteiger partial charge in [-0.1, -0.05) is 12.1 Å². The molecule has 2 aromatic carbocycles. The van der Waals surface area contributed by atoms with Gasteiger partial charge in [0.1, 0.15) is 5.75 Å². The summed E-state index contributed by atoms with van der Waals surface area (Å²) in [4.78, 5) is 0. The van der Waals surface area contributed by atoms with Crippen LogP contribution in [0.25, 0.3) is 17.1 Å². The Kier molecular flexibility index (Phi) is 4.34. The van der Waals surface area contributed by atoms with E-state index < -0.39 is 0 Å². The topological polar surface area (TPSA) is 78.0 Å². The van der Waals surface area contributed by atoms with E-state index in [9.17, 15) is 0 Å². The van der Waals surface area contributed by atoms with Crippen molar-refractivity contribution in [1.29, 1.82) is 0 Å². The second-order valence-corrected chi connectivity index (χ2v) is 5.55. The van der Waals surface area contributed by atoms with Gasteiger partial charge in [0.25, 0.3) is 0 Å². The number of benzene rings is 2. The van der Waals surface area contributed by atoms with Crippen molar-refractivity contribution in [2.75, 3.05) is 12.4 Å². The molecular weight excluding hydrogens is 330 g/mol. The highest BCUT2D eigenvalue weighted by atomic mass is 16.5. The van der Waals surface area contributed by atoms with Gasteiger partial charge in [0, 0.05) is 18.0 Å². The standard InChI is InChI=1S/C19H17N5O2/c1-25-15-9-7-14(8-10-15)19-23-22-18(26-19)13-20-16-5-2-3-6-17(16)24-12-4-11-21-24/h2-12,20H,13H2,1H3. The zero-order valence-corrected chi connectivity index (χ0v) is 14.2. The number of aromatic nitrogens is 4. The number of para-hydroxylation sites is 2. The van der Waals surface area contributed by atoms with Gasteiger partial charge in [-0.05, 0) is 42.5 Å². The third-order valence-corrected chi connectivity index (χ3v) is 3.89. The Hall–Kier alpha value is -3.61. The number of rotatable bonds is 6. The molecule has 0 aliphatic rings. The van der Waals surface area contributed by atoms with E-state index in [1.54, 1.807) is 18.0 Å². The number of hydrogen-bond donors (Lipinski definition) is 1. The predicted molar refractivity (Wildman–Crippen MR) is 97.2 cm³/mol. The molecule has 2 aromatic heterocycles. The normalized spacial score (nSPS) is 10.7. The van der Waals surface area contributed by atoms with Crippen molar-refractivity contribution in [3.05, 3.63) is 72.9 Å². The zero-order valence-electron chi connectivity index (χ0n) is 14.2. The van der Waals surface area contributed by atoms with E-state index in [4.69, 9.17) is 9.15 Å². The first-order chi connectivity index (χ1) is 12.8. The van der Waals surface area contributed by atoms with Gasteiger partial charge in [-0.2, -0.15) is 5.10 Å². The van der Waals surface area contributed by atoms with Gasteiger partial charge in [0.2, 0.25) is 11.8 Å². The molecular formula is C19H17N5O2. The average Bonchev–Trinajstić information content (AvgIpc) is 3.39. The molecule has 1 N–H and O–H groups in total. The summed E-state index contributed by atoms with van der Waals surface area (Å²) >= 11 is 0. The lowest BCUT2D eigenvalue weighted by atomic mass is 10.2. The van der Waals surface area contributed by atoms with Gasteiger partial charge >= 0.3 is 0 Å². The van der Waals surface area contributed by atoms with Crippen LogP contribution in [0.3, 0.4) is 0 Å². The summed E-state index contributed by atoms with van der Waals surface area (Å²) in [7, 11) is 1.63. The Balaban J connectivity index is 1.49. The first kappa shape index (κ1) is 15.9. The van der Waals surface area contributed by atoms with Crippen LogP contribution in [-0.4, -0.2) is 27.1 Å². The van der Waals surface area contributed by atoms with Crippen LogP contribution in [0.5, 0.6) is 5.75 Å². The van der Waals surface area contributed by atoms with Crippen molar-refractivity contribution < 1.29 is 9.15 Å². The summed E-state index contributed by atoms with van der Waals surface area (Å²) in [6, 6.07) is 17.3. The molecule has 4 rings (SSSR count). The number of nitrogens with zero attached hydrogens (tertiary/aromatic N) is 4. The molecule has 0 saturated carbocycles. The lowest BCUT2D eigenvalue weighted by Crippen LogP contribution is -2.05. The second kappa shape index (κ2) is 7.10. The Bertz CT molecular complexity index is 977. The van der Waals surface area contributed by atoms with Crippen molar-refractivity contribution in [2.45, 2.75) is 6.54 Å². The Morgan fingerprint density at radius 2 is 1.88 bits per heavy atom. The maximum absolute atomic E-state index is 5.75. The van der Waals surface area contributed by atoms with Crippen molar-refractivity contribution in [3.63, 3.8) is 0 Å². The number of ether oxygens (including phenoxy) is 1. The predicted octanol–water partition coefficient (Wildman–Crippen LogP) is 3.54. The van der Waals surface area contributed by atoms with Crippen LogP contribution in [0.4, 0.5) is 5.69 Å². The minimum Gasteiger partial charge on any atom is -0.497 e. The molecule has 0 bridgehead atoms. The Labute approximate surface area is 150 Å². The SMILES string of the molecule is COc1ccc(-c2nnc(CNc3ccccc3-n3cccn3)o2)cc1. The van der Waals surface area contributed by atoms with Gasteiger partial charge in [-0.3, -0.25) is 0 Å². The number of methoxy groups -OCH3 is 1. The van der Waals surface area contributed by atoms with Gasteiger partial charge in [-0.15, -0.1) is 10.2 Å². The minimum atomic E-state index is 0.418. The van der Waals surface area contributed by atoms with E-state index in [-0.39, 0.29) is 0 Å². The number of anilines is 1. The van der Waals surface area contributed by atoms with Gasteiger partial charge in [-0.25, -0.2) is 4.68 Å². The fourth-order valence-corrected chi connectivity index (χ4v) is 2.58. The molecule has 0 aliphatic heterocycles. The van der Waals surface area contributed by atoms with E-state index in [1.165, 1.54) is 0 Å². The molecule has 0 aliphatic carbocycles. The van der Waals surface area contributed by atoms with Crippen LogP contribution in [0.2, 0.25) is 0 Å². The molecule has 130 valence electrons. The highest BCUT2D eigenvalue weighted by Gasteiger charge is 2.10. The summed E-state index contributed by atoms with van der Waals surface area (Å²) < 4.78 is 12.7. The molecule has 7 heteroatoms. The molecule has 0 unspecified atom stereocenters. The van der Waals surface area contributed by atoms with E-state index in [2.05, 4.69) is 20.6 Å². The fourth-order valence-electron chi connectivity index (χ4n) is 2.58. The minimum absolute atomic E-state index is 0.418. The van der Waals surface area contributed by atoms with Crippen LogP contribution in [0.1, 0.15) is 5.89 Å². The number of nitrogens with one attached hydrogen (secondary N) is 1. The molecule has 0 saturated heterocycles. The van der Waals surface area contributed by atoms with E-state index in [0.29, 0.717) is 18.3 Å². The number of hydrogen-bond acceptors (Lipinski definition) is 6. The molecule has 2 heterocycles. The molecule has 4 aromatic rings. The molecule has 0 spiro atoms. The van der Waals surface area contributed by atoms with Crippen LogP contribution in [0.15, 0.2) is 71.4 Å². The van der Waals surface area contributed by atoms with Crippen LogP contribution in [0, 0.1) is 0 Å². The molecule has 26 heavy (non-hydrogen) atoms. The van der Waals surface area contributed by atoms with Crippen molar-refractivity contribution in [2.24, 2.45) is 0 Å². The summed E-state index contributed by atoms with van der Waals surface area (Å²) in [5, 5.41) is 15.8. The van der Waals surface area contributed by atoms with Gasteiger partial charge < -0.3 is 14.5 Å². The largest absolute Gasteiger partial charge is 0.497 e. The van der Waals surface area contributed by atoms with E-state index in [0.717, 1.165) is 22.7 Å². The van der Waals surface area contributed by atoms with Crippen molar-refractivity contribution >= 4 is 5.69 Å². The lowest BCUT2D eigenvalue weighted by Gasteiger charge is -2.10. The lowest BCUT2D eigenvalue weighted by molar-refractivity contribution is 0.415. The highest BCUT2D eigenvalue weighted by Crippen LogP contribution is 2.23. The van der Waals surface area contributed by atoms with Crippen LogP contribution >= 0.6 is 0 Å². The Morgan fingerprint density at radius 3 is 2.65 bits per heavy atom. The summed E-state index contributed by atoms with van der Waals surface area (Å²) in [6.45, 7) is 0.418. The summed E-state index contributed by atoms with van der Waals surface area (Å²) in [6.07, 6.45) is 3.64. The molecule has 0 radical (unpaired) electrons. The van der Waals surface area contributed by atoms with E-state index >= 15 is 0 Å². The van der Waals surface area contributed by atoms with Gasteiger partial charge in [0.15, 0.2) is 0 Å².